The van der Waals surface area contributed by atoms with Gasteiger partial charge in [-0.1, -0.05) is 37.3 Å². The third-order valence-electron chi connectivity index (χ3n) is 5.28. The van der Waals surface area contributed by atoms with E-state index in [2.05, 4.69) is 15.7 Å². The van der Waals surface area contributed by atoms with Crippen LogP contribution in [0, 0.1) is 0 Å². The Labute approximate surface area is 175 Å². The van der Waals surface area contributed by atoms with Crippen molar-refractivity contribution in [2.75, 3.05) is 5.32 Å². The van der Waals surface area contributed by atoms with Gasteiger partial charge in [-0.3, -0.25) is 4.79 Å². The predicted octanol–water partition coefficient (Wildman–Crippen LogP) is 5.10. The fourth-order valence-corrected chi connectivity index (χ4v) is 4.25. The molecule has 0 radical (unpaired) electrons. The van der Waals surface area contributed by atoms with Crippen LogP contribution in [-0.2, 0) is 13.0 Å². The van der Waals surface area contributed by atoms with E-state index in [0.29, 0.717) is 6.54 Å². The monoisotopic (exact) mass is 434 g/mol. The molecule has 2 N–H and O–H groups in total. The minimum absolute atomic E-state index is 0.0943. The summed E-state index contributed by atoms with van der Waals surface area (Å²) in [6.45, 7) is 2.33. The van der Waals surface area contributed by atoms with Crippen LogP contribution < -0.4 is 10.6 Å². The number of fused-ring (bicyclic) bond motifs is 1. The number of alkyl halides is 3. The number of nitrogens with zero attached hydrogens (tertiary/aromatic N) is 2. The Morgan fingerprint density at radius 2 is 2.07 bits per heavy atom. The van der Waals surface area contributed by atoms with Crippen LogP contribution in [-0.4, -0.2) is 21.9 Å². The van der Waals surface area contributed by atoms with Crippen molar-refractivity contribution in [2.45, 2.75) is 44.6 Å². The van der Waals surface area contributed by atoms with E-state index in [0.717, 1.165) is 27.1 Å². The smallest absolute Gasteiger partial charge is 0.363 e. The normalized spacial score (nSPS) is 18.5. The summed E-state index contributed by atoms with van der Waals surface area (Å²) >= 11 is 1.50. The van der Waals surface area contributed by atoms with Crippen LogP contribution in [0.4, 0.5) is 19.0 Å². The molecule has 1 aliphatic heterocycles. The van der Waals surface area contributed by atoms with Gasteiger partial charge < -0.3 is 10.6 Å². The molecule has 0 fully saturated rings. The summed E-state index contributed by atoms with van der Waals surface area (Å²) in [7, 11) is 0. The second kappa shape index (κ2) is 8.14. The highest BCUT2D eigenvalue weighted by molar-refractivity contribution is 7.09. The molecule has 2 atom stereocenters. The second-order valence-electron chi connectivity index (χ2n) is 7.20. The van der Waals surface area contributed by atoms with Crippen LogP contribution in [0.2, 0.25) is 0 Å². The Morgan fingerprint density at radius 3 is 2.70 bits per heavy atom. The number of aryl methyl sites for hydroxylation is 1. The highest BCUT2D eigenvalue weighted by Crippen LogP contribution is 2.44. The van der Waals surface area contributed by atoms with Crippen molar-refractivity contribution < 1.29 is 18.0 Å². The molecule has 1 aromatic carbocycles. The molecule has 1 aliphatic rings. The van der Waals surface area contributed by atoms with E-state index in [9.17, 15) is 18.0 Å². The van der Waals surface area contributed by atoms with Crippen molar-refractivity contribution in [1.82, 2.24) is 15.1 Å². The number of rotatable bonds is 5. The molecule has 5 nitrogen and oxygen atoms in total. The predicted molar refractivity (Wildman–Crippen MR) is 110 cm³/mol. The van der Waals surface area contributed by atoms with Crippen molar-refractivity contribution >= 4 is 23.1 Å². The van der Waals surface area contributed by atoms with Gasteiger partial charge in [-0.25, -0.2) is 4.68 Å². The minimum atomic E-state index is -4.48. The van der Waals surface area contributed by atoms with Gasteiger partial charge in [0.2, 0.25) is 0 Å². The zero-order valence-corrected chi connectivity index (χ0v) is 17.1. The lowest BCUT2D eigenvalue weighted by molar-refractivity contribution is -0.173. The van der Waals surface area contributed by atoms with Gasteiger partial charge in [-0.15, -0.1) is 11.3 Å². The highest BCUT2D eigenvalue weighted by Gasteiger charge is 2.47. The van der Waals surface area contributed by atoms with Crippen LogP contribution in [0.15, 0.2) is 48.0 Å². The first kappa shape index (κ1) is 20.5. The number of benzene rings is 1. The maximum Gasteiger partial charge on any atom is 0.410 e. The molecule has 4 rings (SSSR count). The molecule has 3 aromatic rings. The molecule has 30 heavy (non-hydrogen) atoms. The fraction of sp³-hybridized carbons (Fsp3) is 0.333. The van der Waals surface area contributed by atoms with Crippen molar-refractivity contribution in [3.63, 3.8) is 0 Å². The third-order valence-corrected chi connectivity index (χ3v) is 6.15. The number of carbonyl (C=O) groups excluding carboxylic acids is 1. The topological polar surface area (TPSA) is 59.0 Å². The molecule has 3 heterocycles. The van der Waals surface area contributed by atoms with Crippen molar-refractivity contribution in [3.8, 4) is 0 Å². The molecule has 9 heteroatoms. The van der Waals surface area contributed by atoms with E-state index in [4.69, 9.17) is 0 Å². The molecule has 1 amide bonds. The number of hydrogen-bond donors (Lipinski definition) is 2. The lowest BCUT2D eigenvalue weighted by atomic mass is 9.95. The molecule has 0 bridgehead atoms. The lowest BCUT2D eigenvalue weighted by Gasteiger charge is -2.34. The molecule has 0 unspecified atom stereocenters. The van der Waals surface area contributed by atoms with Crippen molar-refractivity contribution in [3.05, 3.63) is 69.5 Å². The summed E-state index contributed by atoms with van der Waals surface area (Å²) in [4.78, 5) is 13.6. The first-order valence-electron chi connectivity index (χ1n) is 9.67. The summed E-state index contributed by atoms with van der Waals surface area (Å²) in [6.07, 6.45) is -2.62. The average Bonchev–Trinajstić information content (AvgIpc) is 3.40. The molecular formula is C21H21F3N4OS. The SMILES string of the molecule is CCc1ccc([C@@H]2C[C@H](C(F)(F)F)n3ncc(C(=O)NCc4cccs4)c3N2)cc1. The Kier molecular flexibility index (Phi) is 5.55. The first-order chi connectivity index (χ1) is 14.4. The van der Waals surface area contributed by atoms with Gasteiger partial charge in [0.05, 0.1) is 18.8 Å². The Balaban J connectivity index is 1.63. The number of thiophene rings is 1. The van der Waals surface area contributed by atoms with E-state index in [1.165, 1.54) is 17.5 Å². The van der Waals surface area contributed by atoms with Gasteiger partial charge in [0, 0.05) is 11.3 Å². The zero-order chi connectivity index (χ0) is 21.3. The first-order valence-corrected chi connectivity index (χ1v) is 10.5. The standard InChI is InChI=1S/C21H21F3N4OS/c1-2-13-5-7-14(8-6-13)17-10-18(21(22,23)24)28-19(27-17)16(12-26-28)20(29)25-11-15-4-3-9-30-15/h3-9,12,17-18,27H,2,10-11H2,1H3,(H,25,29)/t17-,18+/m0/s1. The molecule has 0 saturated heterocycles. The summed E-state index contributed by atoms with van der Waals surface area (Å²) in [5.74, 6) is -0.364. The van der Waals surface area contributed by atoms with Crippen LogP contribution >= 0.6 is 11.3 Å². The zero-order valence-electron chi connectivity index (χ0n) is 16.2. The number of carbonyl (C=O) groups is 1. The Bertz CT molecular complexity index is 1010. The molecular weight excluding hydrogens is 413 g/mol. The molecule has 0 aliphatic carbocycles. The van der Waals surface area contributed by atoms with E-state index in [-0.39, 0.29) is 17.8 Å². The summed E-state index contributed by atoms with van der Waals surface area (Å²) in [5, 5.41) is 11.7. The number of hydrogen-bond acceptors (Lipinski definition) is 4. The van der Waals surface area contributed by atoms with Crippen molar-refractivity contribution in [2.24, 2.45) is 0 Å². The molecule has 158 valence electrons. The quantitative estimate of drug-likeness (QED) is 0.588. The van der Waals surface area contributed by atoms with Crippen molar-refractivity contribution in [1.29, 1.82) is 0 Å². The van der Waals surface area contributed by atoms with E-state index >= 15 is 0 Å². The number of amides is 1. The molecule has 0 saturated carbocycles. The average molecular weight is 434 g/mol. The van der Waals surface area contributed by atoms with Crippen LogP contribution in [0.5, 0.6) is 0 Å². The van der Waals surface area contributed by atoms with Gasteiger partial charge in [0.25, 0.3) is 5.91 Å². The lowest BCUT2D eigenvalue weighted by Crippen LogP contribution is -2.36. The Morgan fingerprint density at radius 1 is 1.30 bits per heavy atom. The van der Waals surface area contributed by atoms with E-state index in [1.807, 2.05) is 48.7 Å². The summed E-state index contributed by atoms with van der Waals surface area (Å²) in [5.41, 5.74) is 1.97. The largest absolute Gasteiger partial charge is 0.410 e. The van der Waals surface area contributed by atoms with Gasteiger partial charge in [0.15, 0.2) is 6.04 Å². The highest BCUT2D eigenvalue weighted by atomic mass is 32.1. The third kappa shape index (κ3) is 4.07. The maximum atomic E-state index is 13.8. The van der Waals surface area contributed by atoms with Gasteiger partial charge in [0.1, 0.15) is 11.4 Å². The summed E-state index contributed by atoms with van der Waals surface area (Å²) in [6, 6.07) is 8.89. The van der Waals surface area contributed by atoms with E-state index < -0.39 is 24.2 Å². The number of aromatic nitrogens is 2. The Hall–Kier alpha value is -2.81. The van der Waals surface area contributed by atoms with Crippen LogP contribution in [0.3, 0.4) is 0 Å². The number of anilines is 1. The maximum absolute atomic E-state index is 13.8. The fourth-order valence-electron chi connectivity index (χ4n) is 3.61. The molecule has 2 aromatic heterocycles. The van der Waals surface area contributed by atoms with E-state index in [1.54, 1.807) is 0 Å². The second-order valence-corrected chi connectivity index (χ2v) is 8.23. The van der Waals surface area contributed by atoms with Crippen LogP contribution in [0.25, 0.3) is 0 Å². The molecule has 0 spiro atoms. The van der Waals surface area contributed by atoms with Crippen LogP contribution in [0.1, 0.15) is 51.8 Å². The van der Waals surface area contributed by atoms with Gasteiger partial charge in [-0.05, 0) is 29.0 Å². The van der Waals surface area contributed by atoms with Gasteiger partial charge in [-0.2, -0.15) is 18.3 Å². The van der Waals surface area contributed by atoms with Gasteiger partial charge >= 0.3 is 6.18 Å². The number of halogens is 3. The number of nitrogens with one attached hydrogen (secondary N) is 2. The minimum Gasteiger partial charge on any atom is -0.363 e. The summed E-state index contributed by atoms with van der Waals surface area (Å²) < 4.78 is 42.2.